The van der Waals surface area contributed by atoms with Crippen molar-refractivity contribution in [3.63, 3.8) is 0 Å². The van der Waals surface area contributed by atoms with E-state index in [0.29, 0.717) is 31.6 Å². The summed E-state index contributed by atoms with van der Waals surface area (Å²) in [5.41, 5.74) is 5.08. The Morgan fingerprint density at radius 2 is 1.89 bits per heavy atom. The van der Waals surface area contributed by atoms with Crippen LogP contribution in [0.5, 0.6) is 0 Å². The first-order valence-electron chi connectivity index (χ1n) is 8.85. The lowest BCUT2D eigenvalue weighted by molar-refractivity contribution is 0.0948. The molecule has 0 aromatic carbocycles. The summed E-state index contributed by atoms with van der Waals surface area (Å²) in [6, 6.07) is -0.0365. The molecule has 1 N–H and O–H groups in total. The summed E-state index contributed by atoms with van der Waals surface area (Å²) in [7, 11) is 3.47. The second-order valence-electron chi connectivity index (χ2n) is 6.88. The molecule has 0 aliphatic carbocycles. The van der Waals surface area contributed by atoms with Crippen LogP contribution >= 0.6 is 0 Å². The van der Waals surface area contributed by atoms with Crippen LogP contribution < -0.4 is 5.32 Å². The first-order chi connectivity index (χ1) is 12.9. The number of pyridine rings is 1. The molecule has 1 aliphatic heterocycles. The molecule has 8 nitrogen and oxygen atoms in total. The maximum absolute atomic E-state index is 12.8. The van der Waals surface area contributed by atoms with Gasteiger partial charge in [0.15, 0.2) is 0 Å². The number of hydrogen-bond acceptors (Lipinski definition) is 5. The van der Waals surface area contributed by atoms with Gasteiger partial charge >= 0.3 is 6.03 Å². The number of fused-ring (bicyclic) bond motifs is 1. The molecule has 0 atom stereocenters. The molecular weight excluding hydrogens is 344 g/mol. The summed E-state index contributed by atoms with van der Waals surface area (Å²) in [4.78, 5) is 40.8. The van der Waals surface area contributed by atoms with Gasteiger partial charge in [0.2, 0.25) is 0 Å². The molecule has 27 heavy (non-hydrogen) atoms. The predicted molar refractivity (Wildman–Crippen MR) is 100 cm³/mol. The van der Waals surface area contributed by atoms with E-state index >= 15 is 0 Å². The third-order valence-electron chi connectivity index (χ3n) is 4.84. The third-order valence-corrected chi connectivity index (χ3v) is 4.84. The summed E-state index contributed by atoms with van der Waals surface area (Å²) in [6.07, 6.45) is 5.49. The summed E-state index contributed by atoms with van der Waals surface area (Å²) in [5.74, 6) is -0.172. The predicted octanol–water partition coefficient (Wildman–Crippen LogP) is 1.46. The fourth-order valence-electron chi connectivity index (χ4n) is 3.27. The molecule has 0 bridgehead atoms. The number of nitrogens with one attached hydrogen (secondary N) is 1. The number of aryl methyl sites for hydroxylation is 2. The Balaban J connectivity index is 1.76. The van der Waals surface area contributed by atoms with E-state index in [9.17, 15) is 9.59 Å². The number of urea groups is 1. The molecular formula is C19H24N6O2. The van der Waals surface area contributed by atoms with Crippen molar-refractivity contribution in [1.29, 1.82) is 0 Å². The fourth-order valence-corrected chi connectivity index (χ4v) is 3.27. The molecule has 0 fully saturated rings. The lowest BCUT2D eigenvalue weighted by atomic mass is 9.96. The van der Waals surface area contributed by atoms with Crippen LogP contribution in [-0.4, -0.2) is 57.3 Å². The van der Waals surface area contributed by atoms with Gasteiger partial charge in [0.05, 0.1) is 5.56 Å². The molecule has 0 unspecified atom stereocenters. The van der Waals surface area contributed by atoms with Gasteiger partial charge in [0.25, 0.3) is 5.91 Å². The first-order valence-corrected chi connectivity index (χ1v) is 8.85. The zero-order chi connectivity index (χ0) is 19.6. The largest absolute Gasteiger partial charge is 0.348 e. The lowest BCUT2D eigenvalue weighted by Gasteiger charge is -2.31. The Morgan fingerprint density at radius 3 is 2.56 bits per heavy atom. The van der Waals surface area contributed by atoms with Crippen LogP contribution in [0.3, 0.4) is 0 Å². The monoisotopic (exact) mass is 368 g/mol. The van der Waals surface area contributed by atoms with Crippen LogP contribution in [0.15, 0.2) is 18.7 Å². The van der Waals surface area contributed by atoms with Gasteiger partial charge in [-0.2, -0.15) is 0 Å². The van der Waals surface area contributed by atoms with Gasteiger partial charge in [-0.25, -0.2) is 14.8 Å². The van der Waals surface area contributed by atoms with Crippen LogP contribution in [0.25, 0.3) is 0 Å². The van der Waals surface area contributed by atoms with Crippen molar-refractivity contribution in [2.75, 3.05) is 20.6 Å². The molecule has 0 spiro atoms. The van der Waals surface area contributed by atoms with Crippen molar-refractivity contribution in [2.45, 2.75) is 33.4 Å². The fraction of sp³-hybridized carbons (Fsp3) is 0.421. The van der Waals surface area contributed by atoms with E-state index in [1.54, 1.807) is 36.3 Å². The van der Waals surface area contributed by atoms with Gasteiger partial charge in [-0.05, 0) is 31.4 Å². The molecule has 1 aliphatic rings. The number of amides is 3. The topological polar surface area (TPSA) is 91.3 Å². The SMILES string of the molecule is Cc1ncnc(C)c1CNC(=O)c1cncc2c1CCN(C(=O)N(C)C)C2. The average Bonchev–Trinajstić information content (AvgIpc) is 2.65. The minimum absolute atomic E-state index is 0.0365. The highest BCUT2D eigenvalue weighted by Crippen LogP contribution is 2.22. The minimum atomic E-state index is -0.172. The van der Waals surface area contributed by atoms with Crippen molar-refractivity contribution < 1.29 is 9.59 Å². The Labute approximate surface area is 158 Å². The number of carbonyl (C=O) groups is 2. The van der Waals surface area contributed by atoms with E-state index in [-0.39, 0.29) is 11.9 Å². The average molecular weight is 368 g/mol. The van der Waals surface area contributed by atoms with E-state index in [4.69, 9.17) is 0 Å². The van der Waals surface area contributed by atoms with Crippen molar-refractivity contribution in [1.82, 2.24) is 30.1 Å². The molecule has 3 heterocycles. The second-order valence-corrected chi connectivity index (χ2v) is 6.88. The van der Waals surface area contributed by atoms with Crippen molar-refractivity contribution >= 4 is 11.9 Å². The minimum Gasteiger partial charge on any atom is -0.348 e. The number of carbonyl (C=O) groups excluding carboxylic acids is 2. The Morgan fingerprint density at radius 1 is 1.19 bits per heavy atom. The Hall–Kier alpha value is -3.03. The lowest BCUT2D eigenvalue weighted by Crippen LogP contribution is -2.42. The van der Waals surface area contributed by atoms with Gasteiger partial charge in [-0.1, -0.05) is 0 Å². The molecule has 2 aromatic heterocycles. The van der Waals surface area contributed by atoms with Gasteiger partial charge in [0, 0.05) is 63.1 Å². The third kappa shape index (κ3) is 3.89. The maximum atomic E-state index is 12.8. The molecule has 3 amide bonds. The van der Waals surface area contributed by atoms with Crippen LogP contribution in [0, 0.1) is 13.8 Å². The van der Waals surface area contributed by atoms with Gasteiger partial charge < -0.3 is 15.1 Å². The smallest absolute Gasteiger partial charge is 0.319 e. The van der Waals surface area contributed by atoms with Gasteiger partial charge in [0.1, 0.15) is 6.33 Å². The number of aromatic nitrogens is 3. The van der Waals surface area contributed by atoms with Crippen LogP contribution in [-0.2, 0) is 19.5 Å². The number of hydrogen-bond donors (Lipinski definition) is 1. The Kier molecular flexibility index (Phi) is 5.34. The summed E-state index contributed by atoms with van der Waals surface area (Å²) >= 11 is 0. The highest BCUT2D eigenvalue weighted by Gasteiger charge is 2.25. The quantitative estimate of drug-likeness (QED) is 0.886. The molecule has 142 valence electrons. The Bertz CT molecular complexity index is 860. The standard InChI is InChI=1S/C19H24N6O2/c1-12-16(13(2)23-11-22-12)9-21-18(26)17-8-20-7-14-10-25(6-5-15(14)17)19(27)24(3)4/h7-8,11H,5-6,9-10H2,1-4H3,(H,21,26). The van der Waals surface area contributed by atoms with Gasteiger partial charge in [-0.3, -0.25) is 9.78 Å². The van der Waals surface area contributed by atoms with Crippen molar-refractivity contribution in [3.05, 3.63) is 52.4 Å². The van der Waals surface area contributed by atoms with E-state index in [0.717, 1.165) is 28.1 Å². The van der Waals surface area contributed by atoms with Crippen molar-refractivity contribution in [2.24, 2.45) is 0 Å². The van der Waals surface area contributed by atoms with E-state index < -0.39 is 0 Å². The van der Waals surface area contributed by atoms with E-state index in [1.165, 1.54) is 6.33 Å². The normalized spacial score (nSPS) is 13.1. The van der Waals surface area contributed by atoms with Crippen LogP contribution in [0.2, 0.25) is 0 Å². The van der Waals surface area contributed by atoms with E-state index in [2.05, 4.69) is 20.3 Å². The molecule has 8 heteroatoms. The number of nitrogens with zero attached hydrogens (tertiary/aromatic N) is 5. The highest BCUT2D eigenvalue weighted by atomic mass is 16.2. The molecule has 3 rings (SSSR count). The summed E-state index contributed by atoms with van der Waals surface area (Å²) in [6.45, 7) is 5.22. The molecule has 0 saturated carbocycles. The molecule has 2 aromatic rings. The highest BCUT2D eigenvalue weighted by molar-refractivity contribution is 5.95. The summed E-state index contributed by atoms with van der Waals surface area (Å²) < 4.78 is 0. The molecule has 0 saturated heterocycles. The number of rotatable bonds is 3. The first kappa shape index (κ1) is 18.8. The van der Waals surface area contributed by atoms with Crippen LogP contribution in [0.1, 0.15) is 38.4 Å². The van der Waals surface area contributed by atoms with Crippen LogP contribution in [0.4, 0.5) is 4.79 Å². The maximum Gasteiger partial charge on any atom is 0.319 e. The van der Waals surface area contributed by atoms with Crippen molar-refractivity contribution in [3.8, 4) is 0 Å². The summed E-state index contributed by atoms with van der Waals surface area (Å²) in [5, 5.41) is 2.95. The second kappa shape index (κ2) is 7.69. The zero-order valence-electron chi connectivity index (χ0n) is 16.1. The van der Waals surface area contributed by atoms with Gasteiger partial charge in [-0.15, -0.1) is 0 Å². The molecule has 0 radical (unpaired) electrons. The zero-order valence-corrected chi connectivity index (χ0v) is 16.1. The van der Waals surface area contributed by atoms with E-state index in [1.807, 2.05) is 13.8 Å².